The molecule has 0 saturated heterocycles. The Balaban J connectivity index is 2.00. The zero-order chi connectivity index (χ0) is 12.1. The van der Waals surface area contributed by atoms with Crippen molar-refractivity contribution >= 4 is 11.6 Å². The Bertz CT molecular complexity index is 485. The predicted molar refractivity (Wildman–Crippen MR) is 65.9 cm³/mol. The number of aliphatic hydroxyl groups is 1. The van der Waals surface area contributed by atoms with Gasteiger partial charge in [0.15, 0.2) is 0 Å². The van der Waals surface area contributed by atoms with Crippen LogP contribution in [0.2, 0.25) is 5.15 Å². The molecule has 0 aliphatic heterocycles. The number of benzene rings is 1. The molecular weight excluding hydrogens is 238 g/mol. The van der Waals surface area contributed by atoms with E-state index in [9.17, 15) is 0 Å². The molecule has 4 heteroatoms. The van der Waals surface area contributed by atoms with E-state index in [2.05, 4.69) is 4.98 Å². The Labute approximate surface area is 105 Å². The molecule has 0 atom stereocenters. The third-order valence-electron chi connectivity index (χ3n) is 2.34. The van der Waals surface area contributed by atoms with Crippen LogP contribution in [-0.4, -0.2) is 10.1 Å². The predicted octanol–water partition coefficient (Wildman–Crippen LogP) is 2.81. The van der Waals surface area contributed by atoms with Gasteiger partial charge in [0.2, 0.25) is 0 Å². The maximum absolute atomic E-state index is 8.91. The van der Waals surface area contributed by atoms with E-state index in [1.165, 1.54) is 0 Å². The largest absolute Gasteiger partial charge is 0.489 e. The Morgan fingerprint density at radius 3 is 2.59 bits per heavy atom. The van der Waals surface area contributed by atoms with E-state index in [1.54, 1.807) is 6.20 Å². The van der Waals surface area contributed by atoms with Crippen LogP contribution in [0.4, 0.5) is 0 Å². The average Bonchev–Trinajstić information content (AvgIpc) is 2.38. The van der Waals surface area contributed by atoms with Crippen molar-refractivity contribution < 1.29 is 9.84 Å². The van der Waals surface area contributed by atoms with Gasteiger partial charge in [-0.3, -0.25) is 0 Å². The van der Waals surface area contributed by atoms with Crippen LogP contribution in [0.25, 0.3) is 0 Å². The minimum Gasteiger partial charge on any atom is -0.489 e. The minimum atomic E-state index is 0.0364. The first-order valence-corrected chi connectivity index (χ1v) is 5.59. The molecule has 0 aliphatic carbocycles. The highest BCUT2D eigenvalue weighted by Gasteiger charge is 2.01. The topological polar surface area (TPSA) is 42.4 Å². The normalized spacial score (nSPS) is 10.2. The number of aliphatic hydroxyl groups excluding tert-OH is 1. The van der Waals surface area contributed by atoms with Crippen molar-refractivity contribution in [1.82, 2.24) is 4.98 Å². The number of halogens is 1. The summed E-state index contributed by atoms with van der Waals surface area (Å²) in [7, 11) is 0. The molecule has 1 aromatic carbocycles. The van der Waals surface area contributed by atoms with Crippen molar-refractivity contribution in [2.75, 3.05) is 0 Å². The van der Waals surface area contributed by atoms with Crippen LogP contribution in [0.15, 0.2) is 42.6 Å². The summed E-state index contributed by atoms with van der Waals surface area (Å²) in [4.78, 5) is 3.97. The molecule has 0 aliphatic rings. The second kappa shape index (κ2) is 5.66. The second-order valence-electron chi connectivity index (χ2n) is 3.54. The van der Waals surface area contributed by atoms with Gasteiger partial charge in [0.05, 0.1) is 6.61 Å². The summed E-state index contributed by atoms with van der Waals surface area (Å²) in [5.74, 6) is 0.738. The number of nitrogens with zero attached hydrogens (tertiary/aromatic N) is 1. The second-order valence-corrected chi connectivity index (χ2v) is 3.90. The lowest BCUT2D eigenvalue weighted by atomic mass is 10.2. The number of hydrogen-bond donors (Lipinski definition) is 1. The Kier molecular flexibility index (Phi) is 3.96. The third kappa shape index (κ3) is 3.19. The Hall–Kier alpha value is -1.58. The quantitative estimate of drug-likeness (QED) is 0.848. The van der Waals surface area contributed by atoms with Gasteiger partial charge in [0, 0.05) is 11.8 Å². The van der Waals surface area contributed by atoms with E-state index in [0.29, 0.717) is 11.8 Å². The van der Waals surface area contributed by atoms with Crippen LogP contribution in [-0.2, 0) is 13.2 Å². The number of pyridine rings is 1. The fourth-order valence-corrected chi connectivity index (χ4v) is 1.55. The van der Waals surface area contributed by atoms with Crippen LogP contribution in [0, 0.1) is 0 Å². The van der Waals surface area contributed by atoms with E-state index < -0.39 is 0 Å². The minimum absolute atomic E-state index is 0.0364. The lowest BCUT2D eigenvalue weighted by Crippen LogP contribution is -1.97. The highest BCUT2D eigenvalue weighted by atomic mass is 35.5. The SMILES string of the molecule is OCc1ccc(OCc2cccnc2Cl)cc1. The molecule has 88 valence electrons. The van der Waals surface area contributed by atoms with Crippen LogP contribution < -0.4 is 4.74 Å². The summed E-state index contributed by atoms with van der Waals surface area (Å²) in [5.41, 5.74) is 1.71. The molecule has 17 heavy (non-hydrogen) atoms. The molecule has 1 N–H and O–H groups in total. The van der Waals surface area contributed by atoms with Gasteiger partial charge in [-0.15, -0.1) is 0 Å². The highest BCUT2D eigenvalue weighted by molar-refractivity contribution is 6.30. The molecule has 2 aromatic rings. The van der Waals surface area contributed by atoms with Gasteiger partial charge in [-0.2, -0.15) is 0 Å². The first kappa shape index (κ1) is 11.9. The number of hydrogen-bond acceptors (Lipinski definition) is 3. The lowest BCUT2D eigenvalue weighted by Gasteiger charge is -2.07. The smallest absolute Gasteiger partial charge is 0.135 e. The molecule has 0 unspecified atom stereocenters. The summed E-state index contributed by atoms with van der Waals surface area (Å²) >= 11 is 5.91. The molecule has 0 radical (unpaired) electrons. The van der Waals surface area contributed by atoms with Gasteiger partial charge < -0.3 is 9.84 Å². The third-order valence-corrected chi connectivity index (χ3v) is 2.68. The van der Waals surface area contributed by atoms with E-state index >= 15 is 0 Å². The first-order chi connectivity index (χ1) is 8.29. The van der Waals surface area contributed by atoms with E-state index in [0.717, 1.165) is 16.9 Å². The summed E-state index contributed by atoms with van der Waals surface area (Å²) in [6.07, 6.45) is 1.64. The maximum Gasteiger partial charge on any atom is 0.135 e. The zero-order valence-corrected chi connectivity index (χ0v) is 9.89. The van der Waals surface area contributed by atoms with Crippen molar-refractivity contribution in [2.24, 2.45) is 0 Å². The van der Waals surface area contributed by atoms with Crippen molar-refractivity contribution in [2.45, 2.75) is 13.2 Å². The maximum atomic E-state index is 8.91. The molecule has 0 spiro atoms. The standard InChI is InChI=1S/C13H12ClNO2/c14-13-11(2-1-7-15-13)9-17-12-5-3-10(8-16)4-6-12/h1-7,16H,8-9H2. The van der Waals surface area contributed by atoms with Gasteiger partial charge in [-0.05, 0) is 23.8 Å². The molecule has 2 rings (SSSR count). The van der Waals surface area contributed by atoms with E-state index in [1.807, 2.05) is 36.4 Å². The molecule has 3 nitrogen and oxygen atoms in total. The van der Waals surface area contributed by atoms with E-state index in [-0.39, 0.29) is 6.61 Å². The Morgan fingerprint density at radius 1 is 1.18 bits per heavy atom. The van der Waals surface area contributed by atoms with Gasteiger partial charge in [-0.25, -0.2) is 4.98 Å². The van der Waals surface area contributed by atoms with Crippen molar-refractivity contribution in [3.05, 3.63) is 58.9 Å². The monoisotopic (exact) mass is 249 g/mol. The summed E-state index contributed by atoms with van der Waals surface area (Å²) in [6.45, 7) is 0.417. The Morgan fingerprint density at radius 2 is 1.94 bits per heavy atom. The van der Waals surface area contributed by atoms with Crippen molar-refractivity contribution in [3.8, 4) is 5.75 Å². The molecule has 1 aromatic heterocycles. The van der Waals surface area contributed by atoms with Crippen LogP contribution in [0.1, 0.15) is 11.1 Å². The fourth-order valence-electron chi connectivity index (χ4n) is 1.38. The number of rotatable bonds is 4. The highest BCUT2D eigenvalue weighted by Crippen LogP contribution is 2.17. The molecule has 0 amide bonds. The van der Waals surface area contributed by atoms with Crippen LogP contribution >= 0.6 is 11.6 Å². The van der Waals surface area contributed by atoms with Crippen LogP contribution in [0.5, 0.6) is 5.75 Å². The fraction of sp³-hybridized carbons (Fsp3) is 0.154. The molecule has 0 bridgehead atoms. The van der Waals surface area contributed by atoms with Gasteiger partial charge in [0.25, 0.3) is 0 Å². The summed E-state index contributed by atoms with van der Waals surface area (Å²) in [6, 6.07) is 11.0. The first-order valence-electron chi connectivity index (χ1n) is 5.21. The van der Waals surface area contributed by atoms with Crippen LogP contribution in [0.3, 0.4) is 0 Å². The number of aromatic nitrogens is 1. The van der Waals surface area contributed by atoms with E-state index in [4.69, 9.17) is 21.4 Å². The average molecular weight is 250 g/mol. The zero-order valence-electron chi connectivity index (χ0n) is 9.14. The van der Waals surface area contributed by atoms with Gasteiger partial charge >= 0.3 is 0 Å². The van der Waals surface area contributed by atoms with Gasteiger partial charge in [0.1, 0.15) is 17.5 Å². The molecular formula is C13H12ClNO2. The van der Waals surface area contributed by atoms with Crippen molar-refractivity contribution in [3.63, 3.8) is 0 Å². The van der Waals surface area contributed by atoms with Crippen molar-refractivity contribution in [1.29, 1.82) is 0 Å². The number of ether oxygens (including phenoxy) is 1. The lowest BCUT2D eigenvalue weighted by molar-refractivity contribution is 0.280. The molecule has 1 heterocycles. The van der Waals surface area contributed by atoms with Gasteiger partial charge in [-0.1, -0.05) is 29.8 Å². The summed E-state index contributed by atoms with van der Waals surface area (Å²) in [5, 5.41) is 9.36. The molecule has 0 fully saturated rings. The molecule has 0 saturated carbocycles. The summed E-state index contributed by atoms with van der Waals surface area (Å²) < 4.78 is 5.57.